The van der Waals surface area contributed by atoms with Crippen LogP contribution in [0.5, 0.6) is 5.75 Å². The molecule has 1 N–H and O–H groups in total. The topological polar surface area (TPSA) is 106 Å². The van der Waals surface area contributed by atoms with Gasteiger partial charge in [-0.15, -0.1) is 0 Å². The number of sulfonamides is 2. The number of hydrogen-bond acceptors (Lipinski definition) is 6. The molecule has 3 rings (SSSR count). The smallest absolute Gasteiger partial charge is 0.244 e. The van der Waals surface area contributed by atoms with Gasteiger partial charge in [-0.25, -0.2) is 25.9 Å². The van der Waals surface area contributed by atoms with Crippen LogP contribution in [0.4, 0.5) is 4.39 Å². The van der Waals surface area contributed by atoms with Crippen molar-refractivity contribution in [3.63, 3.8) is 0 Å². The molecule has 164 valence electrons. The summed E-state index contributed by atoms with van der Waals surface area (Å²) in [6, 6.07) is 6.57. The Morgan fingerprint density at radius 2 is 1.90 bits per heavy atom. The molecule has 2 heterocycles. The van der Waals surface area contributed by atoms with Crippen LogP contribution in [0.1, 0.15) is 19.8 Å². The van der Waals surface area contributed by atoms with Crippen molar-refractivity contribution in [1.82, 2.24) is 14.0 Å². The molecule has 11 heteroatoms. The zero-order chi connectivity index (χ0) is 21.8. The Morgan fingerprint density at radius 3 is 2.50 bits per heavy atom. The predicted molar refractivity (Wildman–Crippen MR) is 108 cm³/mol. The summed E-state index contributed by atoms with van der Waals surface area (Å²) < 4.78 is 73.1. The molecule has 0 radical (unpaired) electrons. The lowest BCUT2D eigenvalue weighted by molar-refractivity contribution is 0.274. The molecule has 0 bridgehead atoms. The van der Waals surface area contributed by atoms with Crippen LogP contribution in [0, 0.1) is 11.7 Å². The third-order valence-corrected chi connectivity index (χ3v) is 8.22. The van der Waals surface area contributed by atoms with Gasteiger partial charge in [0.25, 0.3) is 0 Å². The Morgan fingerprint density at radius 1 is 1.17 bits per heavy atom. The van der Waals surface area contributed by atoms with Crippen LogP contribution in [-0.4, -0.2) is 52.4 Å². The van der Waals surface area contributed by atoms with Crippen molar-refractivity contribution >= 4 is 20.0 Å². The molecule has 0 atom stereocenters. The van der Waals surface area contributed by atoms with Gasteiger partial charge in [0.1, 0.15) is 4.90 Å². The summed E-state index contributed by atoms with van der Waals surface area (Å²) in [4.78, 5) is 3.81. The van der Waals surface area contributed by atoms with Gasteiger partial charge in [0.15, 0.2) is 11.6 Å². The van der Waals surface area contributed by atoms with E-state index in [1.54, 1.807) is 13.0 Å². The summed E-state index contributed by atoms with van der Waals surface area (Å²) in [5.41, 5.74) is 0. The Labute approximate surface area is 176 Å². The third-order valence-electron chi connectivity index (χ3n) is 4.92. The monoisotopic (exact) mass is 457 g/mol. The van der Waals surface area contributed by atoms with Crippen molar-refractivity contribution in [1.29, 1.82) is 0 Å². The zero-order valence-corrected chi connectivity index (χ0v) is 18.1. The van der Waals surface area contributed by atoms with Gasteiger partial charge < -0.3 is 4.74 Å². The summed E-state index contributed by atoms with van der Waals surface area (Å²) in [6.45, 7) is 2.72. The maximum atomic E-state index is 14.0. The molecule has 0 saturated carbocycles. The first kappa shape index (κ1) is 22.6. The minimum atomic E-state index is -3.88. The molecule has 2 aromatic rings. The molecular formula is C19H24FN3O5S2. The molecule has 0 spiro atoms. The Hall–Kier alpha value is -2.08. The summed E-state index contributed by atoms with van der Waals surface area (Å²) in [7, 11) is -7.49. The highest BCUT2D eigenvalue weighted by Crippen LogP contribution is 2.24. The number of pyridine rings is 1. The Bertz CT molecular complexity index is 1070. The largest absolute Gasteiger partial charge is 0.491 e. The van der Waals surface area contributed by atoms with Gasteiger partial charge >= 0.3 is 0 Å². The predicted octanol–water partition coefficient (Wildman–Crippen LogP) is 2.00. The molecular weight excluding hydrogens is 433 g/mol. The van der Waals surface area contributed by atoms with Gasteiger partial charge in [-0.05, 0) is 56.0 Å². The lowest BCUT2D eigenvalue weighted by Crippen LogP contribution is -2.41. The van der Waals surface area contributed by atoms with Crippen molar-refractivity contribution in [2.45, 2.75) is 29.6 Å². The molecule has 0 amide bonds. The lowest BCUT2D eigenvalue weighted by Gasteiger charge is -2.31. The van der Waals surface area contributed by atoms with Crippen LogP contribution in [0.25, 0.3) is 0 Å². The Kier molecular flexibility index (Phi) is 7.06. The highest BCUT2D eigenvalue weighted by molar-refractivity contribution is 7.89. The van der Waals surface area contributed by atoms with Crippen molar-refractivity contribution in [2.75, 3.05) is 26.2 Å². The molecule has 30 heavy (non-hydrogen) atoms. The first-order valence-corrected chi connectivity index (χ1v) is 12.5. The molecule has 1 aliphatic heterocycles. The maximum absolute atomic E-state index is 14.0. The van der Waals surface area contributed by atoms with Gasteiger partial charge in [-0.2, -0.15) is 4.31 Å². The summed E-state index contributed by atoms with van der Waals surface area (Å²) in [6.07, 6.45) is 3.85. The van der Waals surface area contributed by atoms with Crippen LogP contribution in [0.3, 0.4) is 0 Å². The second kappa shape index (κ2) is 9.38. The fourth-order valence-corrected chi connectivity index (χ4v) is 5.80. The van der Waals surface area contributed by atoms with Gasteiger partial charge in [0.2, 0.25) is 20.0 Å². The van der Waals surface area contributed by atoms with Crippen molar-refractivity contribution in [2.24, 2.45) is 5.92 Å². The quantitative estimate of drug-likeness (QED) is 0.650. The number of nitrogens with one attached hydrogen (secondary N) is 1. The van der Waals surface area contributed by atoms with Crippen LogP contribution >= 0.6 is 0 Å². The number of nitrogens with zero attached hydrogens (tertiary/aromatic N) is 2. The summed E-state index contributed by atoms with van der Waals surface area (Å²) in [5.74, 6) is -0.764. The second-order valence-electron chi connectivity index (χ2n) is 6.91. The van der Waals surface area contributed by atoms with Crippen molar-refractivity contribution in [3.8, 4) is 5.75 Å². The number of piperidine rings is 1. The van der Waals surface area contributed by atoms with Crippen LogP contribution in [-0.2, 0) is 20.0 Å². The average molecular weight is 458 g/mol. The molecule has 0 aliphatic carbocycles. The SMILES string of the molecule is CCOc1ccc(S(=O)(=O)NCC2CCN(S(=O)(=O)c3cccnc3)CC2)cc1F. The van der Waals surface area contributed by atoms with Gasteiger partial charge in [0, 0.05) is 32.0 Å². The first-order chi connectivity index (χ1) is 14.2. The fourth-order valence-electron chi connectivity index (χ4n) is 3.23. The van der Waals surface area contributed by atoms with E-state index >= 15 is 0 Å². The number of halogens is 1. The van der Waals surface area contributed by atoms with E-state index in [0.717, 1.165) is 6.07 Å². The molecule has 1 aromatic heterocycles. The summed E-state index contributed by atoms with van der Waals surface area (Å²) >= 11 is 0. The van der Waals surface area contributed by atoms with E-state index in [0.29, 0.717) is 25.9 Å². The average Bonchev–Trinajstić information content (AvgIpc) is 2.75. The summed E-state index contributed by atoms with van der Waals surface area (Å²) in [5, 5.41) is 0. The second-order valence-corrected chi connectivity index (χ2v) is 10.6. The van der Waals surface area contributed by atoms with Crippen molar-refractivity contribution < 1.29 is 26.0 Å². The molecule has 1 aliphatic rings. The van der Waals surface area contributed by atoms with Crippen molar-refractivity contribution in [3.05, 3.63) is 48.5 Å². The van der Waals surface area contributed by atoms with E-state index in [2.05, 4.69) is 9.71 Å². The highest BCUT2D eigenvalue weighted by atomic mass is 32.2. The third kappa shape index (κ3) is 5.15. The number of rotatable bonds is 8. The maximum Gasteiger partial charge on any atom is 0.244 e. The highest BCUT2D eigenvalue weighted by Gasteiger charge is 2.30. The van der Waals surface area contributed by atoms with E-state index in [-0.39, 0.29) is 34.6 Å². The number of hydrogen-bond donors (Lipinski definition) is 1. The van der Waals surface area contributed by atoms with E-state index in [1.165, 1.54) is 34.9 Å². The zero-order valence-electron chi connectivity index (χ0n) is 16.5. The van der Waals surface area contributed by atoms with Crippen LogP contribution in [0.15, 0.2) is 52.5 Å². The lowest BCUT2D eigenvalue weighted by atomic mass is 9.99. The molecule has 1 fully saturated rings. The molecule has 1 saturated heterocycles. The molecule has 8 nitrogen and oxygen atoms in total. The molecule has 0 unspecified atom stereocenters. The molecule has 1 aromatic carbocycles. The van der Waals surface area contributed by atoms with Gasteiger partial charge in [-0.3, -0.25) is 4.98 Å². The van der Waals surface area contributed by atoms with Gasteiger partial charge in [-0.1, -0.05) is 0 Å². The van der Waals surface area contributed by atoms with E-state index < -0.39 is 25.9 Å². The van der Waals surface area contributed by atoms with E-state index in [9.17, 15) is 21.2 Å². The number of benzene rings is 1. The fraction of sp³-hybridized carbons (Fsp3) is 0.421. The first-order valence-electron chi connectivity index (χ1n) is 9.56. The van der Waals surface area contributed by atoms with E-state index in [1.807, 2.05) is 0 Å². The number of ether oxygens (including phenoxy) is 1. The standard InChI is InChI=1S/C19H24FN3O5S2/c1-2-28-19-6-5-16(12-18(19)20)29(24,25)22-13-15-7-10-23(11-8-15)30(26,27)17-4-3-9-21-14-17/h3-6,9,12,14-15,22H,2,7-8,10-11,13H2,1H3. The normalized spacial score (nSPS) is 16.5. The minimum absolute atomic E-state index is 0.00125. The minimum Gasteiger partial charge on any atom is -0.491 e. The van der Waals surface area contributed by atoms with Gasteiger partial charge in [0.05, 0.1) is 11.5 Å². The van der Waals surface area contributed by atoms with Crippen LogP contribution < -0.4 is 9.46 Å². The Balaban J connectivity index is 1.57. The van der Waals surface area contributed by atoms with E-state index in [4.69, 9.17) is 4.74 Å². The number of aromatic nitrogens is 1. The van der Waals surface area contributed by atoms with Crippen LogP contribution in [0.2, 0.25) is 0 Å².